The fraction of sp³-hybridized carbons (Fsp3) is 0.455. The summed E-state index contributed by atoms with van der Waals surface area (Å²) in [6.45, 7) is 8.62. The van der Waals surface area contributed by atoms with Gasteiger partial charge in [0.25, 0.3) is 0 Å². The maximum absolute atomic E-state index is 9.69. The summed E-state index contributed by atoms with van der Waals surface area (Å²) in [6.07, 6.45) is 0. The van der Waals surface area contributed by atoms with E-state index in [1.54, 1.807) is 12.1 Å². The van der Waals surface area contributed by atoms with Crippen LogP contribution < -0.4 is 26.6 Å². The number of hydrogen-bond donors (Lipinski definition) is 7. The molecule has 0 bridgehead atoms. The third kappa shape index (κ3) is 10.3. The molecule has 0 spiro atoms. The summed E-state index contributed by atoms with van der Waals surface area (Å²) >= 11 is 0. The quantitative estimate of drug-likeness (QED) is 0.208. The van der Waals surface area contributed by atoms with Crippen molar-refractivity contribution in [2.24, 2.45) is 0 Å². The molecule has 0 aromatic heterocycles. The number of aromatic hydroxyl groups is 2. The molecule has 0 aliphatic heterocycles. The van der Waals surface area contributed by atoms with E-state index in [0.717, 1.165) is 63.5 Å². The van der Waals surface area contributed by atoms with E-state index in [9.17, 15) is 10.2 Å². The first-order chi connectivity index (χ1) is 14.3. The van der Waals surface area contributed by atoms with E-state index in [0.29, 0.717) is 24.6 Å². The zero-order chi connectivity index (χ0) is 20.6. The summed E-state index contributed by atoms with van der Waals surface area (Å²) in [5.41, 5.74) is 1.85. The molecule has 2 aromatic carbocycles. The van der Waals surface area contributed by atoms with Gasteiger partial charge in [0.05, 0.1) is 0 Å². The van der Waals surface area contributed by atoms with Crippen LogP contribution in [0.15, 0.2) is 48.5 Å². The smallest absolute Gasteiger partial charge is 0.120 e. The van der Waals surface area contributed by atoms with Crippen molar-refractivity contribution in [2.45, 2.75) is 13.1 Å². The summed E-state index contributed by atoms with van der Waals surface area (Å²) in [4.78, 5) is 0. The maximum atomic E-state index is 9.69. The lowest BCUT2D eigenvalue weighted by atomic mass is 10.2. The van der Waals surface area contributed by atoms with E-state index in [4.69, 9.17) is 0 Å². The number of rotatable bonds is 16. The lowest BCUT2D eigenvalue weighted by molar-refractivity contribution is 0.463. The molecule has 0 saturated heterocycles. The zero-order valence-electron chi connectivity index (χ0n) is 17.1. The van der Waals surface area contributed by atoms with Crippen molar-refractivity contribution >= 4 is 0 Å². The Morgan fingerprint density at radius 3 is 1.10 bits per heavy atom. The number of para-hydroxylation sites is 2. The molecule has 0 fully saturated rings. The van der Waals surface area contributed by atoms with Crippen LogP contribution in [0, 0.1) is 0 Å². The van der Waals surface area contributed by atoms with Crippen LogP contribution in [0.2, 0.25) is 0 Å². The normalized spacial score (nSPS) is 11.0. The fourth-order valence-corrected chi connectivity index (χ4v) is 2.85. The van der Waals surface area contributed by atoms with Gasteiger partial charge in [0.2, 0.25) is 0 Å². The Bertz CT molecular complexity index is 626. The van der Waals surface area contributed by atoms with Gasteiger partial charge in [-0.15, -0.1) is 0 Å². The Hall–Kier alpha value is -2.16. The molecule has 0 heterocycles. The average Bonchev–Trinajstić information content (AvgIpc) is 2.73. The summed E-state index contributed by atoms with van der Waals surface area (Å²) in [5.74, 6) is 0.689. The van der Waals surface area contributed by atoms with Crippen LogP contribution in [-0.2, 0) is 13.1 Å². The number of hydrogen-bond acceptors (Lipinski definition) is 7. The molecule has 2 aromatic rings. The first-order valence-corrected chi connectivity index (χ1v) is 10.3. The largest absolute Gasteiger partial charge is 0.508 e. The molecule has 0 saturated carbocycles. The fourth-order valence-electron chi connectivity index (χ4n) is 2.85. The number of phenolic OH excluding ortho intramolecular Hbond substituents is 2. The van der Waals surface area contributed by atoms with E-state index in [1.807, 2.05) is 36.4 Å². The van der Waals surface area contributed by atoms with Crippen LogP contribution in [0.3, 0.4) is 0 Å². The van der Waals surface area contributed by atoms with Crippen molar-refractivity contribution in [1.82, 2.24) is 26.6 Å². The van der Waals surface area contributed by atoms with Crippen LogP contribution in [-0.4, -0.2) is 62.6 Å². The molecule has 7 heteroatoms. The Morgan fingerprint density at radius 1 is 0.448 bits per heavy atom. The Labute approximate surface area is 173 Å². The van der Waals surface area contributed by atoms with Gasteiger partial charge in [-0.05, 0) is 12.1 Å². The van der Waals surface area contributed by atoms with Crippen molar-refractivity contribution in [2.75, 3.05) is 52.4 Å². The lowest BCUT2D eigenvalue weighted by Gasteiger charge is -2.10. The topological polar surface area (TPSA) is 101 Å². The highest BCUT2D eigenvalue weighted by Crippen LogP contribution is 2.15. The second kappa shape index (κ2) is 14.8. The van der Waals surface area contributed by atoms with E-state index < -0.39 is 0 Å². The van der Waals surface area contributed by atoms with E-state index in [1.165, 1.54) is 0 Å². The van der Waals surface area contributed by atoms with Gasteiger partial charge in [-0.3, -0.25) is 0 Å². The van der Waals surface area contributed by atoms with Gasteiger partial charge in [0, 0.05) is 76.6 Å². The second-order valence-electron chi connectivity index (χ2n) is 6.86. The Kier molecular flexibility index (Phi) is 11.8. The van der Waals surface area contributed by atoms with Gasteiger partial charge >= 0.3 is 0 Å². The van der Waals surface area contributed by atoms with Crippen molar-refractivity contribution in [1.29, 1.82) is 0 Å². The minimum Gasteiger partial charge on any atom is -0.508 e. The standard InChI is InChI=1S/C22H35N5O2/c28-21-7-3-1-5-19(21)17-26-15-13-24-11-9-23-10-12-25-14-16-27-18-20-6-2-4-8-22(20)29/h1-8,23-29H,9-18H2. The predicted octanol–water partition coefficient (Wildman–Crippen LogP) is 0.746. The van der Waals surface area contributed by atoms with Gasteiger partial charge in [0.1, 0.15) is 11.5 Å². The molecule has 0 aliphatic rings. The summed E-state index contributed by atoms with van der Waals surface area (Å²) in [5, 5.41) is 36.2. The number of phenols is 2. The summed E-state index contributed by atoms with van der Waals surface area (Å²) in [7, 11) is 0. The Morgan fingerprint density at radius 2 is 0.759 bits per heavy atom. The van der Waals surface area contributed by atoms with Crippen LogP contribution >= 0.6 is 0 Å². The van der Waals surface area contributed by atoms with Crippen molar-refractivity contribution in [3.63, 3.8) is 0 Å². The molecule has 0 aliphatic carbocycles. The molecular formula is C22H35N5O2. The van der Waals surface area contributed by atoms with Crippen LogP contribution in [0.5, 0.6) is 11.5 Å². The number of benzene rings is 2. The first-order valence-electron chi connectivity index (χ1n) is 10.3. The monoisotopic (exact) mass is 401 g/mol. The van der Waals surface area contributed by atoms with Gasteiger partial charge in [-0.1, -0.05) is 36.4 Å². The van der Waals surface area contributed by atoms with E-state index >= 15 is 0 Å². The molecule has 29 heavy (non-hydrogen) atoms. The molecule has 7 N–H and O–H groups in total. The summed E-state index contributed by atoms with van der Waals surface area (Å²) < 4.78 is 0. The van der Waals surface area contributed by atoms with Crippen molar-refractivity contribution in [3.8, 4) is 11.5 Å². The van der Waals surface area contributed by atoms with Gasteiger partial charge in [-0.2, -0.15) is 0 Å². The minimum absolute atomic E-state index is 0.344. The highest BCUT2D eigenvalue weighted by Gasteiger charge is 1.99. The highest BCUT2D eigenvalue weighted by molar-refractivity contribution is 5.32. The second-order valence-corrected chi connectivity index (χ2v) is 6.86. The van der Waals surface area contributed by atoms with Gasteiger partial charge in [-0.25, -0.2) is 0 Å². The molecule has 160 valence electrons. The molecule has 2 rings (SSSR count). The molecular weight excluding hydrogens is 366 g/mol. The zero-order valence-corrected chi connectivity index (χ0v) is 17.1. The van der Waals surface area contributed by atoms with E-state index in [2.05, 4.69) is 26.6 Å². The molecule has 0 atom stereocenters. The lowest BCUT2D eigenvalue weighted by Crippen LogP contribution is -2.36. The summed E-state index contributed by atoms with van der Waals surface area (Å²) in [6, 6.07) is 14.8. The molecule has 7 nitrogen and oxygen atoms in total. The van der Waals surface area contributed by atoms with Gasteiger partial charge in [0.15, 0.2) is 0 Å². The highest BCUT2D eigenvalue weighted by atomic mass is 16.3. The number of nitrogens with one attached hydrogen (secondary N) is 5. The van der Waals surface area contributed by atoms with Crippen LogP contribution in [0.4, 0.5) is 0 Å². The molecule has 0 unspecified atom stereocenters. The third-order valence-electron chi connectivity index (χ3n) is 4.53. The predicted molar refractivity (Wildman–Crippen MR) is 118 cm³/mol. The maximum Gasteiger partial charge on any atom is 0.120 e. The average molecular weight is 402 g/mol. The van der Waals surface area contributed by atoms with Crippen molar-refractivity contribution in [3.05, 3.63) is 59.7 Å². The Balaban J connectivity index is 1.31. The van der Waals surface area contributed by atoms with Crippen LogP contribution in [0.25, 0.3) is 0 Å². The SMILES string of the molecule is Oc1ccccc1CNCCNCCNCCNCCNCc1ccccc1O. The molecule has 0 amide bonds. The first kappa shape index (κ1) is 23.1. The van der Waals surface area contributed by atoms with Crippen molar-refractivity contribution < 1.29 is 10.2 Å². The van der Waals surface area contributed by atoms with E-state index in [-0.39, 0.29) is 0 Å². The molecule has 0 radical (unpaired) electrons. The minimum atomic E-state index is 0.344. The van der Waals surface area contributed by atoms with Crippen LogP contribution in [0.1, 0.15) is 11.1 Å². The van der Waals surface area contributed by atoms with Gasteiger partial charge < -0.3 is 36.8 Å². The third-order valence-corrected chi connectivity index (χ3v) is 4.53.